The van der Waals surface area contributed by atoms with Crippen LogP contribution >= 0.6 is 0 Å². The van der Waals surface area contributed by atoms with E-state index in [0.717, 1.165) is 41.4 Å². The fourth-order valence-electron chi connectivity index (χ4n) is 5.13. The first-order valence-electron chi connectivity index (χ1n) is 14.1. The molecular weight excluding hydrogens is 504 g/mol. The molecule has 9 nitrogen and oxygen atoms in total. The fraction of sp³-hybridized carbons (Fsp3) is 0.419. The van der Waals surface area contributed by atoms with E-state index < -0.39 is 6.04 Å². The van der Waals surface area contributed by atoms with Crippen LogP contribution in [0.2, 0.25) is 0 Å². The molecule has 0 radical (unpaired) electrons. The highest BCUT2D eigenvalue weighted by Gasteiger charge is 2.29. The molecule has 4 rings (SSSR count). The molecule has 1 aliphatic carbocycles. The molecule has 1 unspecified atom stereocenters. The van der Waals surface area contributed by atoms with Gasteiger partial charge < -0.3 is 15.4 Å². The van der Waals surface area contributed by atoms with Crippen LogP contribution in [0.15, 0.2) is 54.6 Å². The Morgan fingerprint density at radius 1 is 0.950 bits per heavy atom. The Balaban J connectivity index is 1.46. The van der Waals surface area contributed by atoms with Crippen molar-refractivity contribution in [2.75, 3.05) is 24.4 Å². The number of methoxy groups -OCH3 is 1. The number of nitrogens with one attached hydrogen (secondary N) is 3. The molecule has 40 heavy (non-hydrogen) atoms. The summed E-state index contributed by atoms with van der Waals surface area (Å²) in [5.74, 6) is 1.24. The van der Waals surface area contributed by atoms with Crippen LogP contribution in [0.25, 0.3) is 0 Å². The maximum atomic E-state index is 13.8. The summed E-state index contributed by atoms with van der Waals surface area (Å²) < 4.78 is 5.24. The lowest BCUT2D eigenvalue weighted by atomic mass is 9.84. The van der Waals surface area contributed by atoms with Crippen LogP contribution in [0.5, 0.6) is 5.75 Å². The number of aryl methyl sites for hydroxylation is 2. The highest BCUT2D eigenvalue weighted by atomic mass is 16.5. The molecular formula is C31H40N6O3. The lowest BCUT2D eigenvalue weighted by Crippen LogP contribution is -2.51. The van der Waals surface area contributed by atoms with Gasteiger partial charge in [-0.3, -0.25) is 20.0 Å². The predicted octanol–water partition coefficient (Wildman–Crippen LogP) is 5.79. The van der Waals surface area contributed by atoms with Crippen molar-refractivity contribution in [2.45, 2.75) is 65.3 Å². The SMILES string of the molecule is CCN(Nc1ccc(OC)cc1)C(=O)C(CC1CCCCC1)NC(=O)c1ccc(Nc2nc(C)cc(C)n2)cc1. The Hall–Kier alpha value is -4.14. The van der Waals surface area contributed by atoms with Crippen molar-refractivity contribution in [2.24, 2.45) is 5.92 Å². The van der Waals surface area contributed by atoms with Gasteiger partial charge in [0.05, 0.1) is 12.8 Å². The molecule has 2 aromatic carbocycles. The van der Waals surface area contributed by atoms with E-state index in [9.17, 15) is 9.59 Å². The van der Waals surface area contributed by atoms with Gasteiger partial charge in [0, 0.05) is 29.2 Å². The number of anilines is 3. The van der Waals surface area contributed by atoms with Crippen molar-refractivity contribution in [3.8, 4) is 5.75 Å². The van der Waals surface area contributed by atoms with Crippen LogP contribution in [-0.4, -0.2) is 46.5 Å². The van der Waals surface area contributed by atoms with E-state index in [2.05, 4.69) is 26.0 Å². The van der Waals surface area contributed by atoms with E-state index in [1.165, 1.54) is 19.3 Å². The molecule has 212 valence electrons. The van der Waals surface area contributed by atoms with Crippen LogP contribution in [-0.2, 0) is 4.79 Å². The molecule has 0 spiro atoms. The third kappa shape index (κ3) is 7.94. The zero-order valence-corrected chi connectivity index (χ0v) is 23.9. The number of ether oxygens (including phenoxy) is 1. The minimum absolute atomic E-state index is 0.150. The number of rotatable bonds is 11. The summed E-state index contributed by atoms with van der Waals surface area (Å²) in [5.41, 5.74) is 6.99. The molecule has 3 N–H and O–H groups in total. The summed E-state index contributed by atoms with van der Waals surface area (Å²) in [6, 6.07) is 15.8. The van der Waals surface area contributed by atoms with Crippen LogP contribution in [0, 0.1) is 19.8 Å². The number of likely N-dealkylation sites (N-methyl/N-ethyl adjacent to an activating group) is 1. The molecule has 1 heterocycles. The van der Waals surface area contributed by atoms with Crippen LogP contribution in [0.4, 0.5) is 17.3 Å². The number of nitrogens with zero attached hydrogens (tertiary/aromatic N) is 3. The van der Waals surface area contributed by atoms with E-state index in [1.807, 2.05) is 63.2 Å². The third-order valence-corrected chi connectivity index (χ3v) is 7.22. The minimum atomic E-state index is -0.636. The molecule has 1 atom stereocenters. The van der Waals surface area contributed by atoms with Gasteiger partial charge in [-0.05, 0) is 87.7 Å². The van der Waals surface area contributed by atoms with E-state index in [1.54, 1.807) is 24.3 Å². The van der Waals surface area contributed by atoms with Crippen molar-refractivity contribution < 1.29 is 14.3 Å². The Morgan fingerprint density at radius 3 is 2.17 bits per heavy atom. The summed E-state index contributed by atoms with van der Waals surface area (Å²) >= 11 is 0. The first-order chi connectivity index (χ1) is 19.3. The van der Waals surface area contributed by atoms with Crippen LogP contribution in [0.3, 0.4) is 0 Å². The van der Waals surface area contributed by atoms with E-state index in [-0.39, 0.29) is 11.8 Å². The van der Waals surface area contributed by atoms with Crippen molar-refractivity contribution in [3.63, 3.8) is 0 Å². The number of carbonyl (C=O) groups is 2. The number of aromatic nitrogens is 2. The monoisotopic (exact) mass is 544 g/mol. The zero-order chi connectivity index (χ0) is 28.5. The smallest absolute Gasteiger partial charge is 0.263 e. The predicted molar refractivity (Wildman–Crippen MR) is 158 cm³/mol. The van der Waals surface area contributed by atoms with Crippen molar-refractivity contribution in [1.82, 2.24) is 20.3 Å². The first-order valence-corrected chi connectivity index (χ1v) is 14.1. The van der Waals surface area contributed by atoms with Crippen molar-refractivity contribution >= 4 is 29.1 Å². The second-order valence-electron chi connectivity index (χ2n) is 10.4. The van der Waals surface area contributed by atoms with Crippen molar-refractivity contribution in [1.29, 1.82) is 0 Å². The van der Waals surface area contributed by atoms with Gasteiger partial charge in [-0.15, -0.1) is 0 Å². The molecule has 1 aromatic heterocycles. The molecule has 0 saturated heterocycles. The topological polar surface area (TPSA) is 108 Å². The maximum absolute atomic E-state index is 13.8. The van der Waals surface area contributed by atoms with E-state index >= 15 is 0 Å². The van der Waals surface area contributed by atoms with E-state index in [4.69, 9.17) is 4.74 Å². The lowest BCUT2D eigenvalue weighted by molar-refractivity contribution is -0.132. The van der Waals surface area contributed by atoms with Gasteiger partial charge in [0.2, 0.25) is 5.95 Å². The van der Waals surface area contributed by atoms with E-state index in [0.29, 0.717) is 30.4 Å². The zero-order valence-electron chi connectivity index (χ0n) is 23.9. The summed E-state index contributed by atoms with van der Waals surface area (Å²) in [5, 5.41) is 7.81. The maximum Gasteiger partial charge on any atom is 0.263 e. The first kappa shape index (κ1) is 28.9. The highest BCUT2D eigenvalue weighted by Crippen LogP contribution is 2.28. The van der Waals surface area contributed by atoms with Crippen molar-refractivity contribution in [3.05, 3.63) is 71.5 Å². The van der Waals surface area contributed by atoms with Gasteiger partial charge in [0.25, 0.3) is 11.8 Å². The summed E-state index contributed by atoms with van der Waals surface area (Å²) in [4.78, 5) is 35.9. The molecule has 2 amide bonds. The number of benzene rings is 2. The number of amides is 2. The molecule has 9 heteroatoms. The summed E-state index contributed by atoms with van der Waals surface area (Å²) in [7, 11) is 1.62. The second kappa shape index (κ2) is 13.8. The normalized spacial score (nSPS) is 14.2. The Kier molecular flexibility index (Phi) is 9.94. The molecule has 1 aliphatic rings. The summed E-state index contributed by atoms with van der Waals surface area (Å²) in [6.45, 7) is 6.21. The number of carbonyl (C=O) groups excluding carboxylic acids is 2. The van der Waals surface area contributed by atoms with Gasteiger partial charge in [0.1, 0.15) is 11.8 Å². The number of hydrogen-bond donors (Lipinski definition) is 3. The Morgan fingerprint density at radius 2 is 1.57 bits per heavy atom. The third-order valence-electron chi connectivity index (χ3n) is 7.22. The Bertz CT molecular complexity index is 1250. The van der Waals surface area contributed by atoms with Gasteiger partial charge >= 0.3 is 0 Å². The second-order valence-corrected chi connectivity index (χ2v) is 10.4. The average Bonchev–Trinajstić information content (AvgIpc) is 2.96. The quantitative estimate of drug-likeness (QED) is 0.262. The molecule has 0 aliphatic heterocycles. The van der Waals surface area contributed by atoms with Gasteiger partial charge in [-0.25, -0.2) is 9.97 Å². The molecule has 0 bridgehead atoms. The van der Waals surface area contributed by atoms with Gasteiger partial charge in [-0.1, -0.05) is 32.1 Å². The number of hydrazine groups is 1. The average molecular weight is 545 g/mol. The molecule has 3 aromatic rings. The largest absolute Gasteiger partial charge is 0.497 e. The highest BCUT2D eigenvalue weighted by molar-refractivity contribution is 5.98. The summed E-state index contributed by atoms with van der Waals surface area (Å²) in [6.07, 6.45) is 6.35. The molecule has 1 saturated carbocycles. The van der Waals surface area contributed by atoms with Crippen LogP contribution in [0.1, 0.15) is 67.2 Å². The molecule has 1 fully saturated rings. The lowest BCUT2D eigenvalue weighted by Gasteiger charge is -2.31. The fourth-order valence-corrected chi connectivity index (χ4v) is 5.13. The Labute approximate surface area is 236 Å². The van der Waals surface area contributed by atoms with Gasteiger partial charge in [-0.2, -0.15) is 0 Å². The van der Waals surface area contributed by atoms with Gasteiger partial charge in [0.15, 0.2) is 0 Å². The standard InChI is InChI=1S/C31H40N6O3/c1-5-37(36-26-15-17-27(40-4)18-16-26)30(39)28(20-23-9-7-6-8-10-23)35-29(38)24-11-13-25(14-12-24)34-31-32-21(2)19-22(3)33-31/h11-19,23,28,36H,5-10,20H2,1-4H3,(H,35,38)(H,32,33,34). The number of hydrogen-bond acceptors (Lipinski definition) is 7. The van der Waals surface area contributed by atoms with Crippen LogP contribution < -0.4 is 20.8 Å². The minimum Gasteiger partial charge on any atom is -0.497 e.